The van der Waals surface area contributed by atoms with Gasteiger partial charge in [-0.25, -0.2) is 0 Å². The smallest absolute Gasteiger partial charge is 0.668 e. The number of hydrogen-bond acceptors (Lipinski definition) is 0. The van der Waals surface area contributed by atoms with E-state index in [2.05, 4.69) is 26.6 Å². The molecule has 7 heteroatoms. The Bertz CT molecular complexity index is 34.3. The van der Waals surface area contributed by atoms with Crippen molar-refractivity contribution in [2.24, 2.45) is 0 Å². The molecule has 0 spiro atoms. The first-order valence-electron chi connectivity index (χ1n) is 4.47. The zero-order valence-electron chi connectivity index (χ0n) is 13.1. The van der Waals surface area contributed by atoms with Crippen molar-refractivity contribution in [3.63, 3.8) is 0 Å². The van der Waals surface area contributed by atoms with Gasteiger partial charge in [0.05, 0.1) is 0 Å². The van der Waals surface area contributed by atoms with E-state index in [1.807, 2.05) is 0 Å². The van der Waals surface area contributed by atoms with E-state index in [9.17, 15) is 0 Å². The van der Waals surface area contributed by atoms with Crippen LogP contribution in [0.4, 0.5) is 0 Å². The molecule has 0 saturated carbocycles. The normalized spacial score (nSPS) is 5.29. The molecule has 17 heavy (non-hydrogen) atoms. The average Bonchev–Trinajstić information content (AvgIpc) is 2.09. The van der Waals surface area contributed by atoms with Gasteiger partial charge < -0.3 is 26.6 Å². The van der Waals surface area contributed by atoms with Crippen LogP contribution in [0.2, 0.25) is 0 Å². The predicted octanol–water partition coefficient (Wildman–Crippen LogP) is 3.09. The number of rotatable bonds is 0. The Labute approximate surface area is 141 Å². The van der Waals surface area contributed by atoms with Crippen LogP contribution >= 0.6 is 0 Å². The van der Waals surface area contributed by atoms with Crippen molar-refractivity contribution in [3.05, 3.63) is 26.6 Å². The molecule has 0 aromatic carbocycles. The summed E-state index contributed by atoms with van der Waals surface area (Å²) in [6.07, 6.45) is 0. The third kappa shape index (κ3) is 2460. The van der Waals surface area contributed by atoms with E-state index < -0.39 is 0 Å². The van der Waals surface area contributed by atoms with Gasteiger partial charge in [0.15, 0.2) is 0 Å². The van der Waals surface area contributed by atoms with Crippen LogP contribution in [0, 0.1) is 0 Å². The topological polar surface area (TPSA) is 70.5 Å². The molecule has 0 fully saturated rings. The van der Waals surface area contributed by atoms with Crippen molar-refractivity contribution in [2.45, 2.75) is 0 Å². The largest absolute Gasteiger partial charge is 5.00 e. The molecule has 5 nitrogen and oxygen atoms in total. The molecular weight excluding hydrogens is 552 g/mol. The third-order valence-corrected chi connectivity index (χ3v) is 0. The molecule has 0 aliphatic rings. The first-order valence-corrected chi connectivity index (χ1v) is 4.47. The Hall–Kier alpha value is 1.28. The van der Waals surface area contributed by atoms with Crippen molar-refractivity contribution in [2.75, 3.05) is 70.5 Å². The minimum absolute atomic E-state index is 0. The molecular formula is C10H30N5Ta2. The summed E-state index contributed by atoms with van der Waals surface area (Å²) >= 11 is 0. The van der Waals surface area contributed by atoms with Crippen LogP contribution in [0.3, 0.4) is 0 Å². The van der Waals surface area contributed by atoms with Gasteiger partial charge in [0.2, 0.25) is 0 Å². The summed E-state index contributed by atoms with van der Waals surface area (Å²) in [5.74, 6) is 0. The maximum Gasteiger partial charge on any atom is 5.00 e. The molecule has 0 heterocycles. The maximum atomic E-state index is 3.50. The Kier molecular flexibility index (Phi) is 293. The second kappa shape index (κ2) is 116. The average molecular weight is 582 g/mol. The van der Waals surface area contributed by atoms with Gasteiger partial charge in [-0.2, -0.15) is 70.5 Å². The summed E-state index contributed by atoms with van der Waals surface area (Å²) in [6.45, 7) is 0. The summed E-state index contributed by atoms with van der Waals surface area (Å²) < 4.78 is 0. The zero-order valence-corrected chi connectivity index (χ0v) is 19.6. The van der Waals surface area contributed by atoms with E-state index in [0.29, 0.717) is 0 Å². The van der Waals surface area contributed by atoms with Crippen LogP contribution in [0.5, 0.6) is 0 Å². The van der Waals surface area contributed by atoms with Crippen LogP contribution in [-0.2, 0) is 44.8 Å². The van der Waals surface area contributed by atoms with E-state index in [1.165, 1.54) is 0 Å². The molecule has 105 valence electrons. The van der Waals surface area contributed by atoms with Crippen molar-refractivity contribution in [3.8, 4) is 0 Å². The molecule has 0 unspecified atom stereocenters. The van der Waals surface area contributed by atoms with E-state index in [1.54, 1.807) is 70.5 Å². The van der Waals surface area contributed by atoms with Gasteiger partial charge in [0.25, 0.3) is 0 Å². The van der Waals surface area contributed by atoms with Crippen molar-refractivity contribution in [1.29, 1.82) is 0 Å². The van der Waals surface area contributed by atoms with Gasteiger partial charge in [-0.1, -0.05) is 0 Å². The summed E-state index contributed by atoms with van der Waals surface area (Å²) in [7, 11) is 17.5. The maximum absolute atomic E-state index is 3.50. The van der Waals surface area contributed by atoms with Crippen LogP contribution in [0.15, 0.2) is 0 Å². The van der Waals surface area contributed by atoms with E-state index in [-0.39, 0.29) is 44.8 Å². The monoisotopic (exact) mass is 582 g/mol. The Morgan fingerprint density at radius 1 is 0.353 bits per heavy atom. The van der Waals surface area contributed by atoms with E-state index >= 15 is 0 Å². The summed E-state index contributed by atoms with van der Waals surface area (Å²) in [6, 6.07) is 0. The van der Waals surface area contributed by atoms with Crippen LogP contribution in [0.25, 0.3) is 26.6 Å². The first-order chi connectivity index (χ1) is 7.07. The van der Waals surface area contributed by atoms with Crippen molar-refractivity contribution >= 4 is 0 Å². The van der Waals surface area contributed by atoms with Crippen LogP contribution in [0.1, 0.15) is 0 Å². The minimum atomic E-state index is 0. The number of nitrogens with zero attached hydrogens (tertiary/aromatic N) is 5. The van der Waals surface area contributed by atoms with Gasteiger partial charge in [-0.3, -0.25) is 0 Å². The predicted molar refractivity (Wildman–Crippen MR) is 76.0 cm³/mol. The second-order valence-electron chi connectivity index (χ2n) is 2.24. The quantitative estimate of drug-likeness (QED) is 0.422. The first kappa shape index (κ1) is 42.9. The Balaban J connectivity index is -0.0000000143. The fourth-order valence-corrected chi connectivity index (χ4v) is 0. The van der Waals surface area contributed by atoms with Crippen LogP contribution < -0.4 is 0 Å². The molecule has 0 atom stereocenters. The Morgan fingerprint density at radius 3 is 0.353 bits per heavy atom. The molecule has 0 amide bonds. The molecule has 0 aromatic heterocycles. The fourth-order valence-electron chi connectivity index (χ4n) is 0. The zero-order chi connectivity index (χ0) is 13.5. The summed E-state index contributed by atoms with van der Waals surface area (Å²) in [5, 5.41) is 17.5. The summed E-state index contributed by atoms with van der Waals surface area (Å²) in [4.78, 5) is 0. The third-order valence-electron chi connectivity index (χ3n) is 0. The SMILES string of the molecule is C[N-]C.C[N-]C.C[N-]C.C[N-]C.C[N-]C.[Ta+5].[Ta]. The molecule has 0 aliphatic heterocycles. The van der Waals surface area contributed by atoms with Gasteiger partial charge in [0, 0.05) is 22.4 Å². The van der Waals surface area contributed by atoms with Gasteiger partial charge >= 0.3 is 22.4 Å². The number of hydrogen-bond donors (Lipinski definition) is 0. The van der Waals surface area contributed by atoms with Gasteiger partial charge in [-0.15, -0.1) is 0 Å². The standard InChI is InChI=1S/5C2H6N.2Ta/c5*1-3-2;;/h5*1-2H3;;/q5*-1;;+5. The van der Waals surface area contributed by atoms with Gasteiger partial charge in [0.1, 0.15) is 0 Å². The van der Waals surface area contributed by atoms with Gasteiger partial charge in [-0.05, 0) is 0 Å². The molecule has 1 radical (unpaired) electrons. The molecule has 0 N–H and O–H groups in total. The van der Waals surface area contributed by atoms with Crippen molar-refractivity contribution in [1.82, 2.24) is 0 Å². The molecule has 0 aliphatic carbocycles. The molecule has 0 aromatic rings. The van der Waals surface area contributed by atoms with Crippen molar-refractivity contribution < 1.29 is 44.8 Å². The second-order valence-corrected chi connectivity index (χ2v) is 2.24. The Morgan fingerprint density at radius 2 is 0.353 bits per heavy atom. The van der Waals surface area contributed by atoms with E-state index in [4.69, 9.17) is 0 Å². The fraction of sp³-hybridized carbons (Fsp3) is 1.00. The molecule has 0 saturated heterocycles. The molecule has 0 bridgehead atoms. The summed E-state index contributed by atoms with van der Waals surface area (Å²) in [5.41, 5.74) is 0. The van der Waals surface area contributed by atoms with E-state index in [0.717, 1.165) is 0 Å². The minimum Gasteiger partial charge on any atom is -0.668 e. The molecule has 0 rings (SSSR count). The van der Waals surface area contributed by atoms with Crippen LogP contribution in [-0.4, -0.2) is 70.5 Å².